The SMILES string of the molecule is O=Cc1cc(Cl)cc(OCc2ccc(Cl)cc2Br)c1. The molecule has 0 aliphatic heterocycles. The summed E-state index contributed by atoms with van der Waals surface area (Å²) in [5, 5.41) is 1.12. The molecule has 2 aromatic carbocycles. The lowest BCUT2D eigenvalue weighted by molar-refractivity contribution is 0.112. The lowest BCUT2D eigenvalue weighted by atomic mass is 10.2. The van der Waals surface area contributed by atoms with E-state index < -0.39 is 0 Å². The third-order valence-electron chi connectivity index (χ3n) is 2.44. The molecular weight excluding hydrogens is 351 g/mol. The van der Waals surface area contributed by atoms with Crippen LogP contribution in [0, 0.1) is 0 Å². The van der Waals surface area contributed by atoms with E-state index in [1.54, 1.807) is 30.3 Å². The van der Waals surface area contributed by atoms with Gasteiger partial charge in [-0.3, -0.25) is 4.79 Å². The average Bonchev–Trinajstić information content (AvgIpc) is 2.37. The topological polar surface area (TPSA) is 26.3 Å². The predicted molar refractivity (Wildman–Crippen MR) is 80.3 cm³/mol. The van der Waals surface area contributed by atoms with Crippen molar-refractivity contribution in [2.75, 3.05) is 0 Å². The number of aldehydes is 1. The van der Waals surface area contributed by atoms with E-state index in [0.29, 0.717) is 28.0 Å². The monoisotopic (exact) mass is 358 g/mol. The van der Waals surface area contributed by atoms with Crippen LogP contribution >= 0.6 is 39.1 Å². The second kappa shape index (κ2) is 6.42. The highest BCUT2D eigenvalue weighted by Gasteiger charge is 2.04. The number of ether oxygens (including phenoxy) is 1. The summed E-state index contributed by atoms with van der Waals surface area (Å²) in [5.41, 5.74) is 1.44. The molecule has 0 bridgehead atoms. The molecule has 0 aliphatic carbocycles. The van der Waals surface area contributed by atoms with Gasteiger partial charge in [-0.25, -0.2) is 0 Å². The Balaban J connectivity index is 2.14. The molecule has 5 heteroatoms. The average molecular weight is 360 g/mol. The van der Waals surface area contributed by atoms with E-state index >= 15 is 0 Å². The number of hydrogen-bond donors (Lipinski definition) is 0. The van der Waals surface area contributed by atoms with Gasteiger partial charge in [0, 0.05) is 25.6 Å². The maximum Gasteiger partial charge on any atom is 0.150 e. The first-order valence-electron chi connectivity index (χ1n) is 5.41. The molecule has 0 atom stereocenters. The normalized spacial score (nSPS) is 10.3. The highest BCUT2D eigenvalue weighted by atomic mass is 79.9. The van der Waals surface area contributed by atoms with Gasteiger partial charge >= 0.3 is 0 Å². The Morgan fingerprint density at radius 3 is 2.58 bits per heavy atom. The van der Waals surface area contributed by atoms with Crippen LogP contribution in [0.25, 0.3) is 0 Å². The molecule has 2 rings (SSSR count). The number of rotatable bonds is 4. The van der Waals surface area contributed by atoms with Crippen molar-refractivity contribution in [3.05, 3.63) is 62.0 Å². The molecule has 0 heterocycles. The van der Waals surface area contributed by atoms with Gasteiger partial charge in [0.05, 0.1) is 0 Å². The summed E-state index contributed by atoms with van der Waals surface area (Å²) in [4.78, 5) is 10.7. The van der Waals surface area contributed by atoms with Crippen LogP contribution < -0.4 is 4.74 Å². The zero-order chi connectivity index (χ0) is 13.8. The zero-order valence-corrected chi connectivity index (χ0v) is 12.8. The Morgan fingerprint density at radius 2 is 1.89 bits per heavy atom. The first-order chi connectivity index (χ1) is 9.08. The largest absolute Gasteiger partial charge is 0.489 e. The number of hydrogen-bond acceptors (Lipinski definition) is 2. The second-order valence-electron chi connectivity index (χ2n) is 3.86. The highest BCUT2D eigenvalue weighted by molar-refractivity contribution is 9.10. The quantitative estimate of drug-likeness (QED) is 0.706. The second-order valence-corrected chi connectivity index (χ2v) is 5.59. The summed E-state index contributed by atoms with van der Waals surface area (Å²) >= 11 is 15.2. The number of benzene rings is 2. The van der Waals surface area contributed by atoms with Gasteiger partial charge in [-0.1, -0.05) is 45.2 Å². The molecule has 0 saturated heterocycles. The van der Waals surface area contributed by atoms with Crippen molar-refractivity contribution >= 4 is 45.4 Å². The van der Waals surface area contributed by atoms with Gasteiger partial charge in [0.2, 0.25) is 0 Å². The number of halogens is 3. The number of carbonyl (C=O) groups is 1. The van der Waals surface area contributed by atoms with E-state index in [1.807, 2.05) is 6.07 Å². The first kappa shape index (κ1) is 14.4. The van der Waals surface area contributed by atoms with Crippen LogP contribution in [0.4, 0.5) is 0 Å². The molecule has 0 saturated carbocycles. The third-order valence-corrected chi connectivity index (χ3v) is 3.63. The minimum atomic E-state index is 0.358. The van der Waals surface area contributed by atoms with Gasteiger partial charge in [-0.2, -0.15) is 0 Å². The van der Waals surface area contributed by atoms with Gasteiger partial charge in [0.1, 0.15) is 18.6 Å². The fraction of sp³-hybridized carbons (Fsp3) is 0.0714. The minimum absolute atomic E-state index is 0.358. The Hall–Kier alpha value is -1.03. The van der Waals surface area contributed by atoms with Crippen molar-refractivity contribution in [2.45, 2.75) is 6.61 Å². The van der Waals surface area contributed by atoms with Crippen LogP contribution in [-0.4, -0.2) is 6.29 Å². The van der Waals surface area contributed by atoms with Crippen LogP contribution in [-0.2, 0) is 6.61 Å². The molecular formula is C14H9BrCl2O2. The Bertz CT molecular complexity index is 614. The van der Waals surface area contributed by atoms with Crippen LogP contribution in [0.2, 0.25) is 10.0 Å². The predicted octanol–water partition coefficient (Wildman–Crippen LogP) is 5.15. The van der Waals surface area contributed by atoms with Crippen molar-refractivity contribution in [1.29, 1.82) is 0 Å². The Kier molecular flexibility index (Phi) is 4.86. The fourth-order valence-electron chi connectivity index (χ4n) is 1.54. The maximum absolute atomic E-state index is 10.7. The molecule has 98 valence electrons. The first-order valence-corrected chi connectivity index (χ1v) is 6.96. The molecule has 2 aromatic rings. The minimum Gasteiger partial charge on any atom is -0.489 e. The summed E-state index contributed by atoms with van der Waals surface area (Å²) in [5.74, 6) is 0.552. The molecule has 0 spiro atoms. The maximum atomic E-state index is 10.7. The van der Waals surface area contributed by atoms with Crippen LogP contribution in [0.1, 0.15) is 15.9 Å². The molecule has 0 unspecified atom stereocenters. The van der Waals surface area contributed by atoms with Crippen LogP contribution in [0.15, 0.2) is 40.9 Å². The van der Waals surface area contributed by atoms with Gasteiger partial charge < -0.3 is 4.74 Å². The third kappa shape index (κ3) is 3.96. The van der Waals surface area contributed by atoms with Crippen molar-refractivity contribution in [1.82, 2.24) is 0 Å². The molecule has 2 nitrogen and oxygen atoms in total. The van der Waals surface area contributed by atoms with E-state index in [9.17, 15) is 4.79 Å². The fourth-order valence-corrected chi connectivity index (χ4v) is 2.57. The van der Waals surface area contributed by atoms with Gasteiger partial charge in [0.25, 0.3) is 0 Å². The van der Waals surface area contributed by atoms with Crippen LogP contribution in [0.5, 0.6) is 5.75 Å². The lowest BCUT2D eigenvalue weighted by Crippen LogP contribution is -1.97. The molecule has 0 radical (unpaired) electrons. The summed E-state index contributed by atoms with van der Waals surface area (Å²) in [6, 6.07) is 10.4. The summed E-state index contributed by atoms with van der Waals surface area (Å²) in [7, 11) is 0. The van der Waals surface area contributed by atoms with Crippen LogP contribution in [0.3, 0.4) is 0 Å². The van der Waals surface area contributed by atoms with E-state index in [1.165, 1.54) is 0 Å². The Labute approximate surface area is 129 Å². The van der Waals surface area contributed by atoms with Gasteiger partial charge in [-0.05, 0) is 30.3 Å². The van der Waals surface area contributed by atoms with E-state index in [0.717, 1.165) is 16.3 Å². The summed E-state index contributed by atoms with van der Waals surface area (Å²) < 4.78 is 6.49. The molecule has 0 amide bonds. The van der Waals surface area contributed by atoms with Crippen molar-refractivity contribution < 1.29 is 9.53 Å². The smallest absolute Gasteiger partial charge is 0.150 e. The van der Waals surface area contributed by atoms with Crippen molar-refractivity contribution in [3.63, 3.8) is 0 Å². The summed E-state index contributed by atoms with van der Waals surface area (Å²) in [6.45, 7) is 0.358. The van der Waals surface area contributed by atoms with Crippen molar-refractivity contribution in [2.24, 2.45) is 0 Å². The molecule has 0 N–H and O–H groups in total. The summed E-state index contributed by atoms with van der Waals surface area (Å²) in [6.07, 6.45) is 0.733. The van der Waals surface area contributed by atoms with Gasteiger partial charge in [0.15, 0.2) is 0 Å². The number of carbonyl (C=O) groups excluding carboxylic acids is 1. The Morgan fingerprint density at radius 1 is 1.11 bits per heavy atom. The molecule has 0 aliphatic rings. The van der Waals surface area contributed by atoms with E-state index in [2.05, 4.69) is 15.9 Å². The van der Waals surface area contributed by atoms with Gasteiger partial charge in [-0.15, -0.1) is 0 Å². The van der Waals surface area contributed by atoms with E-state index in [-0.39, 0.29) is 0 Å². The lowest BCUT2D eigenvalue weighted by Gasteiger charge is -2.09. The van der Waals surface area contributed by atoms with Crippen molar-refractivity contribution in [3.8, 4) is 5.75 Å². The highest BCUT2D eigenvalue weighted by Crippen LogP contribution is 2.25. The molecule has 0 fully saturated rings. The zero-order valence-electron chi connectivity index (χ0n) is 9.70. The molecule has 19 heavy (non-hydrogen) atoms. The molecule has 0 aromatic heterocycles. The van der Waals surface area contributed by atoms with E-state index in [4.69, 9.17) is 27.9 Å². The standard InChI is InChI=1S/C14H9BrCl2O2/c15-14-6-11(16)2-1-10(14)8-19-13-4-9(7-18)3-12(17)5-13/h1-7H,8H2.